The number of sulfonamides is 1. The van der Waals surface area contributed by atoms with Crippen LogP contribution in [-0.4, -0.2) is 30.1 Å². The van der Waals surface area contributed by atoms with Crippen LogP contribution in [0.3, 0.4) is 0 Å². The Kier molecular flexibility index (Phi) is 4.72. The van der Waals surface area contributed by atoms with Crippen molar-refractivity contribution in [2.75, 3.05) is 4.72 Å². The van der Waals surface area contributed by atoms with Crippen molar-refractivity contribution in [3.8, 4) is 11.4 Å². The number of carbonyl (C=O) groups excluding carboxylic acids is 1. The van der Waals surface area contributed by atoms with Crippen LogP contribution in [0.2, 0.25) is 0 Å². The summed E-state index contributed by atoms with van der Waals surface area (Å²) in [6.07, 6.45) is -4.91. The van der Waals surface area contributed by atoms with E-state index in [1.807, 2.05) is 0 Å². The van der Waals surface area contributed by atoms with E-state index in [9.17, 15) is 31.2 Å². The van der Waals surface area contributed by atoms with Gasteiger partial charge in [0.1, 0.15) is 5.75 Å². The molecule has 12 heteroatoms. The van der Waals surface area contributed by atoms with Gasteiger partial charge in [-0.1, -0.05) is 12.1 Å². The van der Waals surface area contributed by atoms with Gasteiger partial charge in [-0.15, -0.1) is 13.2 Å². The lowest BCUT2D eigenvalue weighted by atomic mass is 10.1. The molecule has 1 aliphatic rings. The third-order valence-electron chi connectivity index (χ3n) is 5.08. The third-order valence-corrected chi connectivity index (χ3v) is 6.48. The van der Waals surface area contributed by atoms with Gasteiger partial charge in [0.15, 0.2) is 5.82 Å². The van der Waals surface area contributed by atoms with Crippen molar-refractivity contribution >= 4 is 32.4 Å². The molecule has 0 aliphatic carbocycles. The number of fused-ring (bicyclic) bond motifs is 4. The first-order valence-electron chi connectivity index (χ1n) is 9.63. The Morgan fingerprint density at radius 1 is 0.941 bits per heavy atom. The van der Waals surface area contributed by atoms with E-state index in [2.05, 4.69) is 14.4 Å². The fraction of sp³-hybridized carbons (Fsp3) is 0.0455. The highest BCUT2D eigenvalue weighted by atomic mass is 32.2. The molecular weight excluding hydrogens is 475 g/mol. The van der Waals surface area contributed by atoms with Gasteiger partial charge >= 0.3 is 6.36 Å². The highest BCUT2D eigenvalue weighted by molar-refractivity contribution is 7.92. The van der Waals surface area contributed by atoms with Crippen LogP contribution >= 0.6 is 0 Å². The number of aromatic nitrogens is 2. The summed E-state index contributed by atoms with van der Waals surface area (Å²) >= 11 is 0. The number of ether oxygens (including phenoxy) is 1. The molecule has 0 saturated heterocycles. The van der Waals surface area contributed by atoms with Crippen LogP contribution in [0, 0.1) is 0 Å². The van der Waals surface area contributed by atoms with Gasteiger partial charge in [0.25, 0.3) is 15.6 Å². The maximum Gasteiger partial charge on any atom is 0.573 e. The van der Waals surface area contributed by atoms with E-state index < -0.39 is 33.5 Å². The lowest BCUT2D eigenvalue weighted by molar-refractivity contribution is -0.274. The topological polar surface area (TPSA) is 107 Å². The summed E-state index contributed by atoms with van der Waals surface area (Å²) in [7, 11) is -4.20. The zero-order valence-corrected chi connectivity index (χ0v) is 17.6. The normalized spacial score (nSPS) is 13.0. The molecule has 3 aromatic carbocycles. The Labute approximate surface area is 189 Å². The van der Waals surface area contributed by atoms with Gasteiger partial charge in [-0.05, 0) is 54.6 Å². The number of hydrogen-bond donors (Lipinski definition) is 1. The predicted octanol–water partition coefficient (Wildman–Crippen LogP) is 3.63. The van der Waals surface area contributed by atoms with Crippen molar-refractivity contribution in [3.63, 3.8) is 0 Å². The molecule has 0 saturated carbocycles. The summed E-state index contributed by atoms with van der Waals surface area (Å²) in [4.78, 5) is 29.8. The molecular formula is C22H12F3N3O5S. The number of rotatable bonds is 4. The molecule has 172 valence electrons. The minimum atomic E-state index is -4.91. The van der Waals surface area contributed by atoms with Gasteiger partial charge < -0.3 is 4.74 Å². The Hall–Kier alpha value is -4.19. The van der Waals surface area contributed by atoms with Crippen molar-refractivity contribution in [2.45, 2.75) is 11.3 Å². The Balaban J connectivity index is 1.47. The van der Waals surface area contributed by atoms with Gasteiger partial charge in [-0.2, -0.15) is 0 Å². The smallest absolute Gasteiger partial charge is 0.406 e. The molecule has 4 aromatic rings. The van der Waals surface area contributed by atoms with Crippen LogP contribution < -0.4 is 15.0 Å². The summed E-state index contributed by atoms with van der Waals surface area (Å²) in [5.74, 6) is -1.20. The van der Waals surface area contributed by atoms with Crippen LogP contribution in [0.25, 0.3) is 16.6 Å². The number of nitrogens with one attached hydrogen (secondary N) is 1. The number of hydrogen-bond acceptors (Lipinski definition) is 6. The van der Waals surface area contributed by atoms with E-state index in [1.165, 1.54) is 22.8 Å². The third kappa shape index (κ3) is 3.67. The fourth-order valence-corrected chi connectivity index (χ4v) is 4.69. The minimum Gasteiger partial charge on any atom is -0.406 e. The second-order valence-electron chi connectivity index (χ2n) is 7.28. The molecule has 2 heterocycles. The zero-order chi connectivity index (χ0) is 24.3. The van der Waals surface area contributed by atoms with Crippen molar-refractivity contribution in [1.82, 2.24) is 9.55 Å². The lowest BCUT2D eigenvalue weighted by Gasteiger charge is -2.11. The number of ketones is 1. The van der Waals surface area contributed by atoms with Gasteiger partial charge in [0.05, 0.1) is 27.0 Å². The number of anilines is 1. The van der Waals surface area contributed by atoms with E-state index >= 15 is 0 Å². The number of carbonyl (C=O) groups is 1. The first kappa shape index (κ1) is 21.6. The molecule has 8 nitrogen and oxygen atoms in total. The number of nitrogens with zero attached hydrogens (tertiary/aromatic N) is 2. The predicted molar refractivity (Wildman–Crippen MR) is 115 cm³/mol. The molecule has 1 aliphatic heterocycles. The van der Waals surface area contributed by atoms with E-state index in [-0.39, 0.29) is 27.7 Å². The Morgan fingerprint density at radius 2 is 1.65 bits per heavy atom. The van der Waals surface area contributed by atoms with Crippen LogP contribution in [0.1, 0.15) is 16.2 Å². The Morgan fingerprint density at radius 3 is 2.35 bits per heavy atom. The maximum absolute atomic E-state index is 12.9. The summed E-state index contributed by atoms with van der Waals surface area (Å²) in [6.45, 7) is 0. The monoisotopic (exact) mass is 487 g/mol. The van der Waals surface area contributed by atoms with Crippen molar-refractivity contribution in [1.29, 1.82) is 0 Å². The van der Waals surface area contributed by atoms with Crippen LogP contribution in [0.4, 0.5) is 18.9 Å². The van der Waals surface area contributed by atoms with Crippen molar-refractivity contribution < 1.29 is 31.1 Å². The lowest BCUT2D eigenvalue weighted by Crippen LogP contribution is -2.21. The fourth-order valence-electron chi connectivity index (χ4n) is 3.64. The standard InChI is InChI=1S/C22H12F3N3O5S/c23-22(24,25)33-13-6-8-14(9-7-13)34(31,32)27-12-5-10-18-16(11-12)19(29)20-26-17-4-2-1-3-15(17)21(30)28(18)20/h1-11,27H. The summed E-state index contributed by atoms with van der Waals surface area (Å²) in [6, 6.07) is 14.3. The molecule has 34 heavy (non-hydrogen) atoms. The first-order chi connectivity index (χ1) is 16.0. The van der Waals surface area contributed by atoms with E-state index in [1.54, 1.807) is 24.3 Å². The van der Waals surface area contributed by atoms with Gasteiger partial charge in [-0.25, -0.2) is 13.4 Å². The van der Waals surface area contributed by atoms with E-state index in [0.717, 1.165) is 24.3 Å². The molecule has 1 aromatic heterocycles. The Bertz CT molecular complexity index is 1650. The molecule has 1 N–H and O–H groups in total. The highest BCUT2D eigenvalue weighted by Gasteiger charge is 2.32. The highest BCUT2D eigenvalue weighted by Crippen LogP contribution is 2.30. The summed E-state index contributed by atoms with van der Waals surface area (Å²) < 4.78 is 69.5. The van der Waals surface area contributed by atoms with Crippen molar-refractivity contribution in [3.05, 3.63) is 88.5 Å². The van der Waals surface area contributed by atoms with Gasteiger partial charge in [0, 0.05) is 5.69 Å². The number of halogens is 3. The van der Waals surface area contributed by atoms with E-state index in [0.29, 0.717) is 10.9 Å². The molecule has 0 atom stereocenters. The second-order valence-corrected chi connectivity index (χ2v) is 8.96. The average Bonchev–Trinajstić information content (AvgIpc) is 3.05. The number of para-hydroxylation sites is 1. The molecule has 0 unspecified atom stereocenters. The van der Waals surface area contributed by atoms with Crippen molar-refractivity contribution in [2.24, 2.45) is 0 Å². The average molecular weight is 487 g/mol. The molecule has 0 radical (unpaired) electrons. The van der Waals surface area contributed by atoms with Crippen LogP contribution in [0.15, 0.2) is 76.4 Å². The van der Waals surface area contributed by atoms with Crippen LogP contribution in [-0.2, 0) is 10.0 Å². The zero-order valence-electron chi connectivity index (χ0n) is 16.8. The van der Waals surface area contributed by atoms with Gasteiger partial charge in [-0.3, -0.25) is 18.9 Å². The maximum atomic E-state index is 12.9. The molecule has 0 fully saturated rings. The quantitative estimate of drug-likeness (QED) is 0.415. The largest absolute Gasteiger partial charge is 0.573 e. The molecule has 0 amide bonds. The summed E-state index contributed by atoms with van der Waals surface area (Å²) in [5.41, 5.74) is 0.294. The van der Waals surface area contributed by atoms with E-state index in [4.69, 9.17) is 0 Å². The molecule has 0 bridgehead atoms. The summed E-state index contributed by atoms with van der Waals surface area (Å²) in [5, 5.41) is 0.328. The minimum absolute atomic E-state index is 0.0214. The number of alkyl halides is 3. The molecule has 5 rings (SSSR count). The van der Waals surface area contributed by atoms with Gasteiger partial charge in [0.2, 0.25) is 5.78 Å². The number of benzene rings is 3. The SMILES string of the molecule is O=C1c2cc(NS(=O)(=O)c3ccc(OC(F)(F)F)cc3)ccc2-n2c1nc1ccccc1c2=O. The molecule has 0 spiro atoms. The first-order valence-corrected chi connectivity index (χ1v) is 11.1. The van der Waals surface area contributed by atoms with Crippen LogP contribution in [0.5, 0.6) is 5.75 Å². The second kappa shape index (κ2) is 7.42.